The first kappa shape index (κ1) is 9.08. The topological polar surface area (TPSA) is 37.3 Å². The van der Waals surface area contributed by atoms with Gasteiger partial charge < -0.3 is 5.11 Å². The summed E-state index contributed by atoms with van der Waals surface area (Å²) >= 11 is 15.5. The molecule has 0 aliphatic rings. The fraction of sp³-hybridized carbons (Fsp3) is 0.250. The van der Waals surface area contributed by atoms with Crippen molar-refractivity contribution in [2.75, 3.05) is 0 Å². The Hall–Kier alpha value is 0.0800. The van der Waals surface area contributed by atoms with Gasteiger partial charge in [0.2, 0.25) is 3.79 Å². The van der Waals surface area contributed by atoms with E-state index in [1.54, 1.807) is 0 Å². The number of aliphatic carboxylic acids is 1. The second-order valence-corrected chi connectivity index (χ2v) is 3.58. The predicted octanol–water partition coefficient (Wildman–Crippen LogP) is 2.00. The molecule has 0 unspecified atom stereocenters. The maximum atomic E-state index is 9.78. The Morgan fingerprint density at radius 3 is 2.00 bits per heavy atom. The van der Waals surface area contributed by atoms with Crippen molar-refractivity contribution in [1.82, 2.24) is 0 Å². The SMILES string of the molecule is O=C(O)C=CC(Cl)(Cl)Cl. The van der Waals surface area contributed by atoms with E-state index in [0.717, 1.165) is 12.2 Å². The van der Waals surface area contributed by atoms with E-state index in [2.05, 4.69) is 0 Å². The van der Waals surface area contributed by atoms with Crippen molar-refractivity contribution in [3.05, 3.63) is 12.2 Å². The van der Waals surface area contributed by atoms with E-state index >= 15 is 0 Å². The summed E-state index contributed by atoms with van der Waals surface area (Å²) in [6.07, 6.45) is 1.73. The van der Waals surface area contributed by atoms with Crippen molar-refractivity contribution in [1.29, 1.82) is 0 Å². The molecule has 0 saturated carbocycles. The van der Waals surface area contributed by atoms with E-state index < -0.39 is 9.76 Å². The minimum absolute atomic E-state index is 0.771. The lowest BCUT2D eigenvalue weighted by Crippen LogP contribution is -1.97. The highest BCUT2D eigenvalue weighted by Crippen LogP contribution is 2.26. The summed E-state index contributed by atoms with van der Waals surface area (Å²) < 4.78 is -1.61. The van der Waals surface area contributed by atoms with Crippen LogP contribution < -0.4 is 0 Å². The number of carbonyl (C=O) groups is 1. The van der Waals surface area contributed by atoms with Crippen LogP contribution in [0.3, 0.4) is 0 Å². The maximum Gasteiger partial charge on any atom is 0.328 e. The molecule has 2 nitrogen and oxygen atoms in total. The summed E-state index contributed by atoms with van der Waals surface area (Å²) in [6.45, 7) is 0. The third-order valence-electron chi connectivity index (χ3n) is 0.415. The minimum atomic E-state index is -1.61. The Labute approximate surface area is 67.0 Å². The lowest BCUT2D eigenvalue weighted by Gasteiger charge is -1.99. The highest BCUT2D eigenvalue weighted by atomic mass is 35.6. The Morgan fingerprint density at radius 1 is 1.44 bits per heavy atom. The zero-order valence-electron chi connectivity index (χ0n) is 4.14. The molecule has 1 N–H and O–H groups in total. The molecule has 0 aliphatic heterocycles. The summed E-state index contributed by atoms with van der Waals surface area (Å²) in [4.78, 5) is 9.78. The smallest absolute Gasteiger partial charge is 0.328 e. The first-order valence-electron chi connectivity index (χ1n) is 1.91. The monoisotopic (exact) mass is 188 g/mol. The van der Waals surface area contributed by atoms with Crippen LogP contribution in [0.15, 0.2) is 12.2 Å². The van der Waals surface area contributed by atoms with Gasteiger partial charge in [0.25, 0.3) is 0 Å². The molecule has 0 fully saturated rings. The van der Waals surface area contributed by atoms with Gasteiger partial charge in [-0.15, -0.1) is 0 Å². The molecule has 0 aromatic heterocycles. The average Bonchev–Trinajstić information content (AvgIpc) is 1.59. The fourth-order valence-electron chi connectivity index (χ4n) is 0.166. The number of hydrogen-bond acceptors (Lipinski definition) is 1. The zero-order chi connectivity index (χ0) is 7.49. The molecule has 9 heavy (non-hydrogen) atoms. The molecule has 52 valence electrons. The van der Waals surface area contributed by atoms with Gasteiger partial charge in [0.05, 0.1) is 0 Å². The van der Waals surface area contributed by atoms with E-state index in [9.17, 15) is 4.79 Å². The Kier molecular flexibility index (Phi) is 3.33. The van der Waals surface area contributed by atoms with Crippen molar-refractivity contribution >= 4 is 40.8 Å². The van der Waals surface area contributed by atoms with Crippen LogP contribution in [0, 0.1) is 0 Å². The first-order valence-corrected chi connectivity index (χ1v) is 3.04. The average molecular weight is 189 g/mol. The molecule has 0 spiro atoms. The van der Waals surface area contributed by atoms with Crippen LogP contribution >= 0.6 is 34.8 Å². The number of allylic oxidation sites excluding steroid dienone is 1. The lowest BCUT2D eigenvalue weighted by atomic mass is 10.5. The maximum absolute atomic E-state index is 9.78. The Bertz CT molecular complexity index is 135. The summed E-state index contributed by atoms with van der Waals surface area (Å²) in [5, 5.41) is 8.01. The highest BCUT2D eigenvalue weighted by Gasteiger charge is 2.14. The van der Waals surface area contributed by atoms with E-state index in [1.807, 2.05) is 0 Å². The molecule has 5 heteroatoms. The van der Waals surface area contributed by atoms with E-state index in [-0.39, 0.29) is 0 Å². The van der Waals surface area contributed by atoms with Gasteiger partial charge in [-0.1, -0.05) is 34.8 Å². The van der Waals surface area contributed by atoms with Crippen LogP contribution in [-0.2, 0) is 4.79 Å². The van der Waals surface area contributed by atoms with Crippen LogP contribution in [0.5, 0.6) is 0 Å². The largest absolute Gasteiger partial charge is 0.478 e. The minimum Gasteiger partial charge on any atom is -0.478 e. The number of carboxylic acid groups (broad SMARTS) is 1. The first-order chi connectivity index (χ1) is 3.92. The molecule has 0 aliphatic carbocycles. The third-order valence-corrected chi connectivity index (χ3v) is 0.793. The van der Waals surface area contributed by atoms with Crippen molar-refractivity contribution in [2.24, 2.45) is 0 Å². The molecule has 0 amide bonds. The molecule has 0 atom stereocenters. The number of hydrogen-bond donors (Lipinski definition) is 1. The van der Waals surface area contributed by atoms with Crippen molar-refractivity contribution in [3.8, 4) is 0 Å². The lowest BCUT2D eigenvalue weighted by molar-refractivity contribution is -0.131. The molecule has 0 aromatic carbocycles. The summed E-state index contributed by atoms with van der Waals surface area (Å²) in [6, 6.07) is 0. The predicted molar refractivity (Wildman–Crippen MR) is 37.1 cm³/mol. The quantitative estimate of drug-likeness (QED) is 0.506. The molecule has 0 radical (unpaired) electrons. The van der Waals surface area contributed by atoms with Gasteiger partial charge in [0.1, 0.15) is 0 Å². The second kappa shape index (κ2) is 3.30. The van der Waals surface area contributed by atoms with Gasteiger partial charge in [-0.05, 0) is 6.08 Å². The second-order valence-electron chi connectivity index (χ2n) is 1.21. The number of alkyl halides is 3. The van der Waals surface area contributed by atoms with Crippen LogP contribution in [0.4, 0.5) is 0 Å². The summed E-state index contributed by atoms with van der Waals surface area (Å²) in [5.41, 5.74) is 0. The van der Waals surface area contributed by atoms with Crippen LogP contribution in [0.2, 0.25) is 0 Å². The normalized spacial score (nSPS) is 12.3. The molecule has 0 heterocycles. The number of carboxylic acids is 1. The van der Waals surface area contributed by atoms with Gasteiger partial charge in [-0.25, -0.2) is 4.79 Å². The van der Waals surface area contributed by atoms with Crippen LogP contribution in [-0.4, -0.2) is 14.9 Å². The zero-order valence-corrected chi connectivity index (χ0v) is 6.41. The number of rotatable bonds is 1. The van der Waals surface area contributed by atoms with Crippen molar-refractivity contribution in [3.63, 3.8) is 0 Å². The van der Waals surface area contributed by atoms with Gasteiger partial charge in [-0.2, -0.15) is 0 Å². The molecule has 0 aromatic rings. The standard InChI is InChI=1S/C4H3Cl3O2/c5-4(6,7)2-1-3(8)9/h1-2H,(H,8,9). The van der Waals surface area contributed by atoms with E-state index in [4.69, 9.17) is 39.9 Å². The van der Waals surface area contributed by atoms with E-state index in [1.165, 1.54) is 0 Å². The van der Waals surface area contributed by atoms with Crippen molar-refractivity contribution < 1.29 is 9.90 Å². The van der Waals surface area contributed by atoms with Crippen LogP contribution in [0.1, 0.15) is 0 Å². The van der Waals surface area contributed by atoms with Gasteiger partial charge >= 0.3 is 5.97 Å². The molecule has 0 bridgehead atoms. The van der Waals surface area contributed by atoms with Gasteiger partial charge in [0, 0.05) is 6.08 Å². The fourth-order valence-corrected chi connectivity index (χ4v) is 0.355. The molecular formula is C4H3Cl3O2. The van der Waals surface area contributed by atoms with Gasteiger partial charge in [-0.3, -0.25) is 0 Å². The molecule has 0 rings (SSSR count). The van der Waals surface area contributed by atoms with Gasteiger partial charge in [0.15, 0.2) is 0 Å². The van der Waals surface area contributed by atoms with E-state index in [0.29, 0.717) is 0 Å². The Balaban J connectivity index is 3.86. The molecular weight excluding hydrogens is 186 g/mol. The Morgan fingerprint density at radius 2 is 1.89 bits per heavy atom. The van der Waals surface area contributed by atoms with Crippen LogP contribution in [0.25, 0.3) is 0 Å². The van der Waals surface area contributed by atoms with Crippen molar-refractivity contribution in [2.45, 2.75) is 3.79 Å². The third kappa shape index (κ3) is 8.08. The number of halogens is 3. The summed E-state index contributed by atoms with van der Waals surface area (Å²) in [5.74, 6) is -1.14. The highest BCUT2D eigenvalue weighted by molar-refractivity contribution is 6.69. The summed E-state index contributed by atoms with van der Waals surface area (Å²) in [7, 11) is 0. The molecule has 0 saturated heterocycles.